The molecule has 0 radical (unpaired) electrons. The number of halogens is 3. The van der Waals surface area contributed by atoms with Crippen molar-refractivity contribution < 1.29 is 27.8 Å². The highest BCUT2D eigenvalue weighted by Gasteiger charge is 2.13. The first-order chi connectivity index (χ1) is 13.5. The van der Waals surface area contributed by atoms with Crippen LogP contribution in [0.1, 0.15) is 16.2 Å². The molecule has 9 nitrogen and oxygen atoms in total. The van der Waals surface area contributed by atoms with Crippen LogP contribution in [0.4, 0.5) is 8.78 Å². The normalized spacial score (nSPS) is 10.8. The lowest BCUT2D eigenvalue weighted by molar-refractivity contribution is -0.0497. The van der Waals surface area contributed by atoms with E-state index in [4.69, 9.17) is 16.3 Å². The van der Waals surface area contributed by atoms with E-state index in [9.17, 15) is 13.6 Å². The average molecular weight is 412 g/mol. The molecule has 12 heteroatoms. The molecule has 0 saturated heterocycles. The van der Waals surface area contributed by atoms with Crippen LogP contribution >= 0.6 is 11.6 Å². The molecule has 0 atom stereocenters. The van der Waals surface area contributed by atoms with Crippen molar-refractivity contribution in [3.63, 3.8) is 0 Å². The molecule has 146 valence electrons. The van der Waals surface area contributed by atoms with Crippen LogP contribution in [0, 0.1) is 0 Å². The van der Waals surface area contributed by atoms with Crippen molar-refractivity contribution in [1.82, 2.24) is 25.0 Å². The molecule has 0 fully saturated rings. The minimum Gasteiger partial charge on any atom is -0.464 e. The van der Waals surface area contributed by atoms with Crippen LogP contribution in [0.5, 0.6) is 11.8 Å². The van der Waals surface area contributed by atoms with Crippen LogP contribution in [0.15, 0.2) is 36.7 Å². The Bertz CT molecular complexity index is 985. The number of esters is 1. The molecule has 0 aliphatic rings. The summed E-state index contributed by atoms with van der Waals surface area (Å²) in [4.78, 5) is 19.3. The predicted molar refractivity (Wildman–Crippen MR) is 90.7 cm³/mol. The molecular weight excluding hydrogens is 400 g/mol. The molecule has 2 heterocycles. The highest BCUT2D eigenvalue weighted by molar-refractivity contribution is 6.32. The molecule has 0 unspecified atom stereocenters. The second-order valence-corrected chi connectivity index (χ2v) is 5.56. The number of benzene rings is 1. The van der Waals surface area contributed by atoms with Crippen LogP contribution in [0.2, 0.25) is 5.02 Å². The second-order valence-electron chi connectivity index (χ2n) is 5.15. The molecule has 0 spiro atoms. The van der Waals surface area contributed by atoms with Crippen LogP contribution in [0.3, 0.4) is 0 Å². The van der Waals surface area contributed by atoms with Gasteiger partial charge in [0, 0.05) is 12.3 Å². The summed E-state index contributed by atoms with van der Waals surface area (Å²) in [7, 11) is 1.23. The zero-order valence-corrected chi connectivity index (χ0v) is 15.0. The van der Waals surface area contributed by atoms with E-state index in [1.807, 2.05) is 0 Å². The van der Waals surface area contributed by atoms with Crippen molar-refractivity contribution in [2.75, 3.05) is 7.11 Å². The Morgan fingerprint density at radius 2 is 2.14 bits per heavy atom. The Kier molecular flexibility index (Phi) is 5.94. The van der Waals surface area contributed by atoms with Crippen molar-refractivity contribution in [3.05, 3.63) is 53.1 Å². The average Bonchev–Trinajstić information content (AvgIpc) is 3.16. The van der Waals surface area contributed by atoms with Gasteiger partial charge in [-0.05, 0) is 18.2 Å². The molecular formula is C16H12ClF2N5O4. The maximum atomic E-state index is 12.4. The number of carbonyl (C=O) groups is 1. The summed E-state index contributed by atoms with van der Waals surface area (Å²) in [6, 6.07) is 5.60. The summed E-state index contributed by atoms with van der Waals surface area (Å²) < 4.78 is 40.5. The molecule has 3 rings (SSSR count). The first-order valence-electron chi connectivity index (χ1n) is 7.66. The standard InChI is InChI=1S/C16H12ClF2N5O4/c1-26-14(25)12-4-5-20-16(21-12)27-8-9-7-24(23-22-9)10-2-3-11(17)13(6-10)28-15(18)19/h2-7,15H,8H2,1H3. The van der Waals surface area contributed by atoms with Crippen molar-refractivity contribution in [2.24, 2.45) is 0 Å². The van der Waals surface area contributed by atoms with Gasteiger partial charge in [0.05, 0.1) is 24.0 Å². The van der Waals surface area contributed by atoms with Gasteiger partial charge in [-0.15, -0.1) is 5.10 Å². The van der Waals surface area contributed by atoms with Crippen LogP contribution < -0.4 is 9.47 Å². The van der Waals surface area contributed by atoms with E-state index in [0.717, 1.165) is 0 Å². The third-order valence-corrected chi connectivity index (χ3v) is 3.63. The molecule has 2 aromatic heterocycles. The minimum atomic E-state index is -3.01. The van der Waals surface area contributed by atoms with Crippen molar-refractivity contribution >= 4 is 17.6 Å². The van der Waals surface area contributed by atoms with Gasteiger partial charge in [-0.3, -0.25) is 0 Å². The van der Waals surface area contributed by atoms with E-state index < -0.39 is 12.6 Å². The number of hydrogen-bond donors (Lipinski definition) is 0. The topological polar surface area (TPSA) is 101 Å². The van der Waals surface area contributed by atoms with Crippen LogP contribution in [0.25, 0.3) is 5.69 Å². The molecule has 0 saturated carbocycles. The zero-order valence-electron chi connectivity index (χ0n) is 14.3. The van der Waals surface area contributed by atoms with E-state index >= 15 is 0 Å². The Labute approximate surface area is 161 Å². The fourth-order valence-electron chi connectivity index (χ4n) is 2.08. The van der Waals surface area contributed by atoms with Gasteiger partial charge in [0.25, 0.3) is 0 Å². The number of hydrogen-bond acceptors (Lipinski definition) is 8. The highest BCUT2D eigenvalue weighted by Crippen LogP contribution is 2.28. The van der Waals surface area contributed by atoms with E-state index in [1.54, 1.807) is 6.07 Å². The summed E-state index contributed by atoms with van der Waals surface area (Å²) in [6.45, 7) is -3.05. The van der Waals surface area contributed by atoms with Crippen LogP contribution in [-0.2, 0) is 11.3 Å². The van der Waals surface area contributed by atoms with Gasteiger partial charge >= 0.3 is 18.6 Å². The summed E-state index contributed by atoms with van der Waals surface area (Å²) in [6.07, 6.45) is 2.86. The number of nitrogens with zero attached hydrogens (tertiary/aromatic N) is 5. The van der Waals surface area contributed by atoms with Gasteiger partial charge in [0.1, 0.15) is 18.1 Å². The van der Waals surface area contributed by atoms with Gasteiger partial charge in [0.15, 0.2) is 5.69 Å². The summed E-state index contributed by atoms with van der Waals surface area (Å²) in [5.74, 6) is -0.807. The maximum Gasteiger partial charge on any atom is 0.387 e. The number of rotatable bonds is 7. The first kappa shape index (κ1) is 19.4. The van der Waals surface area contributed by atoms with E-state index in [2.05, 4.69) is 29.8 Å². The third-order valence-electron chi connectivity index (χ3n) is 3.31. The monoisotopic (exact) mass is 411 g/mol. The smallest absolute Gasteiger partial charge is 0.387 e. The van der Waals surface area contributed by atoms with Gasteiger partial charge in [0.2, 0.25) is 0 Å². The fourth-order valence-corrected chi connectivity index (χ4v) is 2.24. The number of ether oxygens (including phenoxy) is 3. The predicted octanol–water partition coefficient (Wildman–Crippen LogP) is 2.68. The van der Waals surface area contributed by atoms with Crippen LogP contribution in [-0.4, -0.2) is 44.7 Å². The number of methoxy groups -OCH3 is 1. The van der Waals surface area contributed by atoms with Gasteiger partial charge in [-0.1, -0.05) is 16.8 Å². The van der Waals surface area contributed by atoms with Crippen molar-refractivity contribution in [2.45, 2.75) is 13.2 Å². The quantitative estimate of drug-likeness (QED) is 0.547. The first-order valence-corrected chi connectivity index (χ1v) is 8.04. The lowest BCUT2D eigenvalue weighted by Gasteiger charge is -2.08. The summed E-state index contributed by atoms with van der Waals surface area (Å²) >= 11 is 5.83. The molecule has 0 amide bonds. The Balaban J connectivity index is 1.70. The largest absolute Gasteiger partial charge is 0.464 e. The number of aromatic nitrogens is 5. The summed E-state index contributed by atoms with van der Waals surface area (Å²) in [5.41, 5.74) is 0.852. The van der Waals surface area contributed by atoms with Gasteiger partial charge < -0.3 is 14.2 Å². The lowest BCUT2D eigenvalue weighted by atomic mass is 10.3. The number of alkyl halides is 2. The second kappa shape index (κ2) is 8.57. The molecule has 0 aliphatic heterocycles. The zero-order chi connectivity index (χ0) is 20.1. The number of carbonyl (C=O) groups excluding carboxylic acids is 1. The van der Waals surface area contributed by atoms with Gasteiger partial charge in [-0.2, -0.15) is 13.8 Å². The van der Waals surface area contributed by atoms with E-state index in [0.29, 0.717) is 11.4 Å². The third kappa shape index (κ3) is 4.68. The molecule has 1 aromatic carbocycles. The molecule has 0 bridgehead atoms. The molecule has 0 aliphatic carbocycles. The fraction of sp³-hybridized carbons (Fsp3) is 0.188. The lowest BCUT2D eigenvalue weighted by Crippen LogP contribution is -2.07. The highest BCUT2D eigenvalue weighted by atomic mass is 35.5. The van der Waals surface area contributed by atoms with Gasteiger partial charge in [-0.25, -0.2) is 14.5 Å². The minimum absolute atomic E-state index is 0.0374. The van der Waals surface area contributed by atoms with E-state index in [-0.39, 0.29) is 29.1 Å². The van der Waals surface area contributed by atoms with E-state index in [1.165, 1.54) is 42.4 Å². The SMILES string of the molecule is COC(=O)c1ccnc(OCc2cn(-c3ccc(Cl)c(OC(F)F)c3)nn2)n1. The van der Waals surface area contributed by atoms with Crippen molar-refractivity contribution in [1.29, 1.82) is 0 Å². The Morgan fingerprint density at radius 1 is 1.32 bits per heavy atom. The molecule has 28 heavy (non-hydrogen) atoms. The summed E-state index contributed by atoms with van der Waals surface area (Å²) in [5, 5.41) is 7.84. The van der Waals surface area contributed by atoms with Crippen molar-refractivity contribution in [3.8, 4) is 17.4 Å². The molecule has 3 aromatic rings. The Morgan fingerprint density at radius 3 is 2.89 bits per heavy atom. The maximum absolute atomic E-state index is 12.4. The molecule has 0 N–H and O–H groups in total. The Hall–Kier alpha value is -3.34.